The van der Waals surface area contributed by atoms with E-state index in [0.29, 0.717) is 12.3 Å². The molecule has 1 atom stereocenters. The number of aromatic nitrogens is 2. The molecule has 0 aliphatic heterocycles. The zero-order valence-electron chi connectivity index (χ0n) is 16.2. The number of ether oxygens (including phenoxy) is 2. The predicted octanol–water partition coefficient (Wildman–Crippen LogP) is 3.22. The third-order valence-corrected chi connectivity index (χ3v) is 4.12. The van der Waals surface area contributed by atoms with Crippen LogP contribution >= 0.6 is 15.9 Å². The molecule has 2 N–H and O–H groups in total. The Labute approximate surface area is 172 Å². The van der Waals surface area contributed by atoms with Gasteiger partial charge in [-0.25, -0.2) is 9.59 Å². The number of hydrogen-bond donors (Lipinski definition) is 2. The molecule has 0 radical (unpaired) electrons. The van der Waals surface area contributed by atoms with Gasteiger partial charge < -0.3 is 19.9 Å². The summed E-state index contributed by atoms with van der Waals surface area (Å²) in [6.45, 7) is 5.60. The second-order valence-corrected chi connectivity index (χ2v) is 8.16. The number of carboxylic acid groups (broad SMARTS) is 1. The molecule has 28 heavy (non-hydrogen) atoms. The van der Waals surface area contributed by atoms with Gasteiger partial charge in [0.25, 0.3) is 0 Å². The van der Waals surface area contributed by atoms with Gasteiger partial charge in [0.05, 0.1) is 24.3 Å². The van der Waals surface area contributed by atoms with Gasteiger partial charge in [0.1, 0.15) is 17.4 Å². The molecule has 1 aromatic heterocycles. The summed E-state index contributed by atoms with van der Waals surface area (Å²) < 4.78 is 13.1. The summed E-state index contributed by atoms with van der Waals surface area (Å²) in [7, 11) is 1.57. The fraction of sp³-hybridized carbons (Fsp3) is 0.421. The molecule has 0 spiro atoms. The minimum atomic E-state index is -1.14. The standard InChI is InChI=1S/C19H24BrN3O5/c1-19(2,3)28-18(26)22-15(17(24)25)8-12-5-6-16(27-4)13(7-12)10-23-11-14(20)9-21-23/h5-7,9,11,15H,8,10H2,1-4H3,(H,22,26)(H,24,25). The molecule has 1 unspecified atom stereocenters. The minimum Gasteiger partial charge on any atom is -0.496 e. The molecule has 1 heterocycles. The molecule has 2 aromatic rings. The van der Waals surface area contributed by atoms with Gasteiger partial charge in [-0.15, -0.1) is 0 Å². The maximum Gasteiger partial charge on any atom is 0.408 e. The molecular weight excluding hydrogens is 430 g/mol. The van der Waals surface area contributed by atoms with Crippen molar-refractivity contribution in [1.29, 1.82) is 0 Å². The van der Waals surface area contributed by atoms with E-state index in [0.717, 1.165) is 15.6 Å². The lowest BCUT2D eigenvalue weighted by atomic mass is 10.0. The first-order valence-electron chi connectivity index (χ1n) is 8.63. The van der Waals surface area contributed by atoms with Gasteiger partial charge in [-0.2, -0.15) is 5.10 Å². The highest BCUT2D eigenvalue weighted by molar-refractivity contribution is 9.10. The van der Waals surface area contributed by atoms with Gasteiger partial charge in [-0.3, -0.25) is 4.68 Å². The fourth-order valence-electron chi connectivity index (χ4n) is 2.57. The Balaban J connectivity index is 2.17. The topological polar surface area (TPSA) is 103 Å². The molecule has 8 nitrogen and oxygen atoms in total. The number of nitrogens with one attached hydrogen (secondary N) is 1. The van der Waals surface area contributed by atoms with Crippen LogP contribution < -0.4 is 10.1 Å². The summed E-state index contributed by atoms with van der Waals surface area (Å²) in [6, 6.07) is 4.28. The van der Waals surface area contributed by atoms with Gasteiger partial charge in [0, 0.05) is 18.2 Å². The van der Waals surface area contributed by atoms with E-state index in [1.54, 1.807) is 50.9 Å². The third kappa shape index (κ3) is 6.56. The summed E-state index contributed by atoms with van der Waals surface area (Å²) in [4.78, 5) is 23.5. The van der Waals surface area contributed by atoms with E-state index < -0.39 is 23.7 Å². The Morgan fingerprint density at radius 3 is 2.61 bits per heavy atom. The number of carbonyl (C=O) groups excluding carboxylic acids is 1. The van der Waals surface area contributed by atoms with Gasteiger partial charge in [-0.1, -0.05) is 12.1 Å². The number of hydrogen-bond acceptors (Lipinski definition) is 5. The van der Waals surface area contributed by atoms with E-state index in [1.807, 2.05) is 12.3 Å². The highest BCUT2D eigenvalue weighted by Crippen LogP contribution is 2.22. The molecule has 0 aliphatic carbocycles. The van der Waals surface area contributed by atoms with Crippen LogP contribution in [-0.2, 0) is 22.5 Å². The quantitative estimate of drug-likeness (QED) is 0.666. The van der Waals surface area contributed by atoms with Crippen LogP contribution in [0.3, 0.4) is 0 Å². The summed E-state index contributed by atoms with van der Waals surface area (Å²) in [6.07, 6.45) is 2.85. The molecule has 0 saturated carbocycles. The summed E-state index contributed by atoms with van der Waals surface area (Å²) in [5.74, 6) is -0.471. The highest BCUT2D eigenvalue weighted by Gasteiger charge is 2.24. The molecule has 9 heteroatoms. The lowest BCUT2D eigenvalue weighted by Gasteiger charge is -2.22. The van der Waals surface area contributed by atoms with Crippen molar-refractivity contribution in [3.63, 3.8) is 0 Å². The Hall–Kier alpha value is -2.55. The van der Waals surface area contributed by atoms with Gasteiger partial charge in [0.15, 0.2) is 0 Å². The molecule has 1 amide bonds. The van der Waals surface area contributed by atoms with Crippen molar-refractivity contribution < 1.29 is 24.2 Å². The van der Waals surface area contributed by atoms with Crippen LogP contribution in [0.15, 0.2) is 35.1 Å². The lowest BCUT2D eigenvalue weighted by Crippen LogP contribution is -2.44. The third-order valence-electron chi connectivity index (χ3n) is 3.71. The van der Waals surface area contributed by atoms with E-state index in [4.69, 9.17) is 9.47 Å². The summed E-state index contributed by atoms with van der Waals surface area (Å²) in [5.41, 5.74) is 0.876. The zero-order valence-corrected chi connectivity index (χ0v) is 17.8. The number of alkyl carbamates (subject to hydrolysis) is 1. The first-order chi connectivity index (χ1) is 13.1. The normalized spacial score (nSPS) is 12.3. The molecule has 152 valence electrons. The Bertz CT molecular complexity index is 844. The summed E-state index contributed by atoms with van der Waals surface area (Å²) in [5, 5.41) is 16.1. The van der Waals surface area contributed by atoms with Crippen molar-refractivity contribution in [2.45, 2.75) is 45.4 Å². The minimum absolute atomic E-state index is 0.106. The van der Waals surface area contributed by atoms with Crippen molar-refractivity contribution in [1.82, 2.24) is 15.1 Å². The van der Waals surface area contributed by atoms with Crippen molar-refractivity contribution >= 4 is 28.0 Å². The number of aliphatic carboxylic acids is 1. The maximum absolute atomic E-state index is 11.9. The molecule has 1 aromatic carbocycles. The number of carbonyl (C=O) groups is 2. The fourth-order valence-corrected chi connectivity index (χ4v) is 2.90. The van der Waals surface area contributed by atoms with Crippen LogP contribution in [0.5, 0.6) is 5.75 Å². The molecular formula is C19H24BrN3O5. The first kappa shape index (κ1) is 21.7. The molecule has 2 rings (SSSR count). The molecule has 0 bridgehead atoms. The SMILES string of the molecule is COc1ccc(CC(NC(=O)OC(C)(C)C)C(=O)O)cc1Cn1cc(Br)cn1. The smallest absolute Gasteiger partial charge is 0.408 e. The second kappa shape index (κ2) is 9.09. The number of halogens is 1. The number of rotatable bonds is 7. The van der Waals surface area contributed by atoms with E-state index in [1.165, 1.54) is 0 Å². The maximum atomic E-state index is 11.9. The van der Waals surface area contributed by atoms with E-state index in [-0.39, 0.29) is 6.42 Å². The number of benzene rings is 1. The van der Waals surface area contributed by atoms with Crippen LogP contribution in [0, 0.1) is 0 Å². The highest BCUT2D eigenvalue weighted by atomic mass is 79.9. The van der Waals surface area contributed by atoms with E-state index in [9.17, 15) is 14.7 Å². The van der Waals surface area contributed by atoms with Crippen molar-refractivity contribution in [2.75, 3.05) is 7.11 Å². The molecule has 0 aliphatic rings. The lowest BCUT2D eigenvalue weighted by molar-refractivity contribution is -0.139. The largest absolute Gasteiger partial charge is 0.496 e. The number of amides is 1. The van der Waals surface area contributed by atoms with Gasteiger partial charge in [-0.05, 0) is 48.3 Å². The van der Waals surface area contributed by atoms with E-state index >= 15 is 0 Å². The van der Waals surface area contributed by atoms with E-state index in [2.05, 4.69) is 26.3 Å². The van der Waals surface area contributed by atoms with Crippen molar-refractivity contribution in [3.8, 4) is 5.75 Å². The predicted molar refractivity (Wildman–Crippen MR) is 107 cm³/mol. The average Bonchev–Trinajstić information content (AvgIpc) is 2.97. The Morgan fingerprint density at radius 2 is 2.07 bits per heavy atom. The molecule has 0 saturated heterocycles. The van der Waals surface area contributed by atoms with Crippen LogP contribution in [0.25, 0.3) is 0 Å². The average molecular weight is 454 g/mol. The monoisotopic (exact) mass is 453 g/mol. The Kier molecular flexibility index (Phi) is 7.06. The second-order valence-electron chi connectivity index (χ2n) is 7.24. The zero-order chi connectivity index (χ0) is 20.9. The Morgan fingerprint density at radius 1 is 1.36 bits per heavy atom. The first-order valence-corrected chi connectivity index (χ1v) is 9.43. The summed E-state index contributed by atoms with van der Waals surface area (Å²) >= 11 is 3.36. The van der Waals surface area contributed by atoms with Crippen LogP contribution in [-0.4, -0.2) is 45.7 Å². The number of nitrogens with zero attached hydrogens (tertiary/aromatic N) is 2. The number of methoxy groups -OCH3 is 1. The van der Waals surface area contributed by atoms with Gasteiger partial charge >= 0.3 is 12.1 Å². The van der Waals surface area contributed by atoms with Gasteiger partial charge in [0.2, 0.25) is 0 Å². The van der Waals surface area contributed by atoms with Crippen LogP contribution in [0.2, 0.25) is 0 Å². The van der Waals surface area contributed by atoms with Crippen molar-refractivity contribution in [2.24, 2.45) is 0 Å². The van der Waals surface area contributed by atoms with Crippen molar-refractivity contribution in [3.05, 3.63) is 46.2 Å². The molecule has 0 fully saturated rings. The van der Waals surface area contributed by atoms with Crippen LogP contribution in [0.4, 0.5) is 4.79 Å². The number of carboxylic acids is 1. The van der Waals surface area contributed by atoms with Crippen LogP contribution in [0.1, 0.15) is 31.9 Å².